The van der Waals surface area contributed by atoms with E-state index in [1.165, 1.54) is 34.6 Å². The van der Waals surface area contributed by atoms with Gasteiger partial charge >= 0.3 is 0 Å². The van der Waals surface area contributed by atoms with Crippen LogP contribution in [0.15, 0.2) is 84.4 Å². The minimum atomic E-state index is -3.97. The molecule has 1 saturated carbocycles. The van der Waals surface area contributed by atoms with E-state index in [9.17, 15) is 28.2 Å². The van der Waals surface area contributed by atoms with Crippen LogP contribution in [0.25, 0.3) is 11.1 Å². The fraction of sp³-hybridized carbons (Fsp3) is 0.250. The number of nitrogens with one attached hydrogen (secondary N) is 1. The molecule has 212 valence electrons. The number of phenols is 2. The third-order valence-electron chi connectivity index (χ3n) is 7.62. The van der Waals surface area contributed by atoms with Crippen molar-refractivity contribution < 1.29 is 28.2 Å². The Hall–Kier alpha value is -4.37. The van der Waals surface area contributed by atoms with Crippen molar-refractivity contribution in [2.45, 2.75) is 32.4 Å². The van der Waals surface area contributed by atoms with Gasteiger partial charge in [0.05, 0.1) is 16.9 Å². The summed E-state index contributed by atoms with van der Waals surface area (Å²) >= 11 is 0. The largest absolute Gasteiger partial charge is 0.508 e. The van der Waals surface area contributed by atoms with Crippen LogP contribution in [0.2, 0.25) is 0 Å². The first-order chi connectivity index (χ1) is 19.5. The molecule has 0 radical (unpaired) electrons. The molecule has 3 unspecified atom stereocenters. The number of fused-ring (bicyclic) bond motifs is 2. The van der Waals surface area contributed by atoms with Crippen molar-refractivity contribution in [2.75, 3.05) is 16.2 Å². The Balaban J connectivity index is 1.57. The lowest BCUT2D eigenvalue weighted by Gasteiger charge is -2.32. The number of sulfonamides is 1. The van der Waals surface area contributed by atoms with E-state index < -0.39 is 27.1 Å². The van der Waals surface area contributed by atoms with Crippen molar-refractivity contribution >= 4 is 44.2 Å². The van der Waals surface area contributed by atoms with Crippen molar-refractivity contribution in [3.63, 3.8) is 0 Å². The molecule has 0 aromatic heterocycles. The third kappa shape index (κ3) is 5.25. The summed E-state index contributed by atoms with van der Waals surface area (Å²) in [7, 11) is -3.97. The van der Waals surface area contributed by atoms with Crippen LogP contribution in [0.4, 0.5) is 11.4 Å². The van der Waals surface area contributed by atoms with Crippen LogP contribution in [0.3, 0.4) is 0 Å². The molecule has 2 aliphatic carbocycles. The van der Waals surface area contributed by atoms with Gasteiger partial charge in [-0.05, 0) is 98.0 Å². The number of phenolic OH excluding ortho intramolecular Hbond substituents is 2. The SMILES string of the molecule is CCN(c1ccc(O)cc1)S(=O)(=O)C1CC2C(=O)C1C(c1ccc(O)cc1)=C2c1ccc(NC(=O)C=C(C)C)cc1. The highest BCUT2D eigenvalue weighted by Crippen LogP contribution is 2.56. The Labute approximate surface area is 239 Å². The Kier molecular flexibility index (Phi) is 7.48. The molecule has 3 atom stereocenters. The normalized spacial score (nSPS) is 19.8. The zero-order chi connectivity index (χ0) is 29.5. The number of ketones is 1. The molecule has 2 bridgehead atoms. The molecule has 0 spiro atoms. The minimum Gasteiger partial charge on any atom is -0.508 e. The van der Waals surface area contributed by atoms with E-state index in [0.717, 1.165) is 16.7 Å². The number of hydrogen-bond acceptors (Lipinski definition) is 6. The van der Waals surface area contributed by atoms with Gasteiger partial charge < -0.3 is 15.5 Å². The molecular formula is C32H32N2O6S. The second kappa shape index (κ2) is 10.9. The van der Waals surface area contributed by atoms with Gasteiger partial charge in [-0.2, -0.15) is 0 Å². The molecular weight excluding hydrogens is 540 g/mol. The maximum absolute atomic E-state index is 14.1. The fourth-order valence-electron chi connectivity index (χ4n) is 5.92. The quantitative estimate of drug-likeness (QED) is 0.313. The number of carbonyl (C=O) groups is 2. The van der Waals surface area contributed by atoms with Crippen molar-refractivity contribution in [2.24, 2.45) is 11.8 Å². The lowest BCUT2D eigenvalue weighted by atomic mass is 9.83. The second-order valence-corrected chi connectivity index (χ2v) is 12.7. The summed E-state index contributed by atoms with van der Waals surface area (Å²) in [6.07, 6.45) is 1.66. The van der Waals surface area contributed by atoms with Gasteiger partial charge in [0.15, 0.2) is 0 Å². The van der Waals surface area contributed by atoms with Gasteiger partial charge in [0.1, 0.15) is 17.3 Å². The number of Topliss-reactive ketones (excluding diaryl/α,β-unsaturated/α-hetero) is 1. The van der Waals surface area contributed by atoms with Crippen molar-refractivity contribution in [1.29, 1.82) is 0 Å². The number of amides is 1. The predicted octanol–water partition coefficient (Wildman–Crippen LogP) is 5.36. The summed E-state index contributed by atoms with van der Waals surface area (Å²) in [5.41, 5.74) is 4.75. The fourth-order valence-corrected chi connectivity index (χ4v) is 8.07. The van der Waals surface area contributed by atoms with E-state index in [4.69, 9.17) is 0 Å². The molecule has 9 heteroatoms. The van der Waals surface area contributed by atoms with E-state index in [1.54, 1.807) is 43.3 Å². The molecule has 1 amide bonds. The Morgan fingerprint density at radius 2 is 1.44 bits per heavy atom. The number of benzene rings is 3. The lowest BCUT2D eigenvalue weighted by Crippen LogP contribution is -2.42. The summed E-state index contributed by atoms with van der Waals surface area (Å²) in [4.78, 5) is 26.0. The lowest BCUT2D eigenvalue weighted by molar-refractivity contribution is -0.120. The molecule has 3 aromatic rings. The van der Waals surface area contributed by atoms with Gasteiger partial charge in [-0.15, -0.1) is 0 Å². The van der Waals surface area contributed by atoms with Crippen LogP contribution >= 0.6 is 0 Å². The molecule has 5 rings (SSSR count). The highest BCUT2D eigenvalue weighted by atomic mass is 32.2. The molecule has 0 saturated heterocycles. The standard InChI is InChI=1S/C32H32N2O6S/c1-4-34(23-11-15-25(36)16-12-23)41(39,40)27-18-26-29(20-5-9-22(10-6-20)33-28(37)17-19(2)3)30(31(27)32(26)38)21-7-13-24(35)14-8-21/h5-17,26-27,31,35-36H,4,18H2,1-3H3,(H,33,37). The highest BCUT2D eigenvalue weighted by molar-refractivity contribution is 7.93. The smallest absolute Gasteiger partial charge is 0.248 e. The zero-order valence-electron chi connectivity index (χ0n) is 23.0. The molecule has 41 heavy (non-hydrogen) atoms. The van der Waals surface area contributed by atoms with E-state index in [2.05, 4.69) is 5.32 Å². The van der Waals surface area contributed by atoms with Crippen LogP contribution in [0, 0.1) is 11.8 Å². The molecule has 0 heterocycles. The molecule has 8 nitrogen and oxygen atoms in total. The van der Waals surface area contributed by atoms with Gasteiger partial charge in [-0.3, -0.25) is 13.9 Å². The van der Waals surface area contributed by atoms with Crippen LogP contribution in [0.1, 0.15) is 38.3 Å². The first kappa shape index (κ1) is 28.2. The predicted molar refractivity (Wildman–Crippen MR) is 160 cm³/mol. The third-order valence-corrected chi connectivity index (χ3v) is 9.93. The second-order valence-electron chi connectivity index (χ2n) is 10.6. The monoisotopic (exact) mass is 572 g/mol. The number of allylic oxidation sites excluding steroid dienone is 3. The number of nitrogens with zero attached hydrogens (tertiary/aromatic N) is 1. The molecule has 3 aromatic carbocycles. The van der Waals surface area contributed by atoms with Crippen LogP contribution in [0.5, 0.6) is 11.5 Å². The summed E-state index contributed by atoms with van der Waals surface area (Å²) in [6.45, 7) is 5.58. The van der Waals surface area contributed by atoms with Crippen LogP contribution in [-0.2, 0) is 19.6 Å². The van der Waals surface area contributed by atoms with Crippen LogP contribution < -0.4 is 9.62 Å². The Morgan fingerprint density at radius 3 is 2.00 bits per heavy atom. The summed E-state index contributed by atoms with van der Waals surface area (Å²) in [6, 6.07) is 19.6. The zero-order valence-corrected chi connectivity index (χ0v) is 23.9. The molecule has 1 fully saturated rings. The number of anilines is 2. The van der Waals surface area contributed by atoms with E-state index in [1.807, 2.05) is 26.0 Å². The highest BCUT2D eigenvalue weighted by Gasteiger charge is 2.58. The molecule has 3 N–H and O–H groups in total. The van der Waals surface area contributed by atoms with Gasteiger partial charge in [0.2, 0.25) is 15.9 Å². The first-order valence-corrected chi connectivity index (χ1v) is 15.0. The minimum absolute atomic E-state index is 0.0296. The Morgan fingerprint density at radius 1 is 0.902 bits per heavy atom. The van der Waals surface area contributed by atoms with Gasteiger partial charge in [-0.25, -0.2) is 8.42 Å². The van der Waals surface area contributed by atoms with Crippen molar-refractivity contribution in [3.05, 3.63) is 95.6 Å². The first-order valence-electron chi connectivity index (χ1n) is 13.4. The van der Waals surface area contributed by atoms with Gasteiger partial charge in [0, 0.05) is 24.2 Å². The average molecular weight is 573 g/mol. The summed E-state index contributed by atoms with van der Waals surface area (Å²) in [5, 5.41) is 21.5. The van der Waals surface area contributed by atoms with Gasteiger partial charge in [0.25, 0.3) is 0 Å². The number of aromatic hydroxyl groups is 2. The molecule has 2 aliphatic rings. The Bertz CT molecular complexity index is 1650. The maximum atomic E-state index is 14.1. The van der Waals surface area contributed by atoms with Crippen molar-refractivity contribution in [3.8, 4) is 11.5 Å². The summed E-state index contributed by atoms with van der Waals surface area (Å²) < 4.78 is 29.5. The average Bonchev–Trinajstić information content (AvgIpc) is 3.40. The number of hydrogen-bond donors (Lipinski definition) is 3. The van der Waals surface area contributed by atoms with Crippen molar-refractivity contribution in [1.82, 2.24) is 0 Å². The van der Waals surface area contributed by atoms with Crippen LogP contribution in [-0.4, -0.2) is 42.1 Å². The van der Waals surface area contributed by atoms with E-state index >= 15 is 0 Å². The van der Waals surface area contributed by atoms with Gasteiger partial charge in [-0.1, -0.05) is 29.8 Å². The van der Waals surface area contributed by atoms with E-state index in [-0.39, 0.29) is 36.2 Å². The maximum Gasteiger partial charge on any atom is 0.248 e. The topological polar surface area (TPSA) is 124 Å². The number of rotatable bonds is 8. The number of carbonyl (C=O) groups excluding carboxylic acids is 2. The van der Waals surface area contributed by atoms with E-state index in [0.29, 0.717) is 22.5 Å². The molecule has 0 aliphatic heterocycles. The summed E-state index contributed by atoms with van der Waals surface area (Å²) in [5.74, 6) is -1.78.